The number of hydrogen-bond acceptors (Lipinski definition) is 1. The topological polar surface area (TPSA) is 12.0 Å². The lowest BCUT2D eigenvalue weighted by atomic mass is 9.84. The summed E-state index contributed by atoms with van der Waals surface area (Å²) in [6, 6.07) is 0. The second kappa shape index (κ2) is 6.32. The Morgan fingerprint density at radius 2 is 2.20 bits per heavy atom. The third kappa shape index (κ3) is 5.36. The highest BCUT2D eigenvalue weighted by molar-refractivity contribution is 5.06. The van der Waals surface area contributed by atoms with Gasteiger partial charge in [0.1, 0.15) is 0 Å². The number of hydrogen-bond donors (Lipinski definition) is 1. The zero-order valence-corrected chi connectivity index (χ0v) is 10.8. The van der Waals surface area contributed by atoms with E-state index in [1.807, 2.05) is 0 Å². The third-order valence-electron chi connectivity index (χ3n) is 3.22. The van der Waals surface area contributed by atoms with Gasteiger partial charge in [0.15, 0.2) is 0 Å². The van der Waals surface area contributed by atoms with Gasteiger partial charge in [-0.3, -0.25) is 0 Å². The summed E-state index contributed by atoms with van der Waals surface area (Å²) in [7, 11) is 0. The van der Waals surface area contributed by atoms with Gasteiger partial charge < -0.3 is 5.32 Å². The van der Waals surface area contributed by atoms with Gasteiger partial charge in [-0.15, -0.1) is 0 Å². The Hall–Kier alpha value is -0.300. The van der Waals surface area contributed by atoms with Crippen LogP contribution >= 0.6 is 0 Å². The molecule has 0 aliphatic heterocycles. The molecule has 0 aromatic heterocycles. The standard InChI is InChI=1S/C14H27N/c1-11(2)5-6-15-10-14-8-12(3)7-13(4)9-14/h7,11-12,14-15H,5-6,8-10H2,1-4H3. The Bertz CT molecular complexity index is 205. The Morgan fingerprint density at radius 1 is 1.47 bits per heavy atom. The van der Waals surface area contributed by atoms with Gasteiger partial charge in [0, 0.05) is 0 Å². The maximum Gasteiger partial charge on any atom is -0.00172 e. The summed E-state index contributed by atoms with van der Waals surface area (Å²) < 4.78 is 0. The van der Waals surface area contributed by atoms with Crippen LogP contribution in [-0.2, 0) is 0 Å². The van der Waals surface area contributed by atoms with Crippen LogP contribution in [0.5, 0.6) is 0 Å². The Morgan fingerprint density at radius 3 is 2.80 bits per heavy atom. The summed E-state index contributed by atoms with van der Waals surface area (Å²) in [5.74, 6) is 2.48. The molecule has 0 heterocycles. The highest BCUT2D eigenvalue weighted by Gasteiger charge is 2.17. The van der Waals surface area contributed by atoms with Crippen molar-refractivity contribution in [2.75, 3.05) is 13.1 Å². The SMILES string of the molecule is CC1=CC(C)CC(CNCCC(C)C)C1. The van der Waals surface area contributed by atoms with Crippen molar-refractivity contribution in [2.24, 2.45) is 17.8 Å². The number of allylic oxidation sites excluding steroid dienone is 2. The Labute approximate surface area is 95.3 Å². The lowest BCUT2D eigenvalue weighted by Crippen LogP contribution is -2.27. The van der Waals surface area contributed by atoms with Crippen molar-refractivity contribution in [3.05, 3.63) is 11.6 Å². The van der Waals surface area contributed by atoms with E-state index in [0.29, 0.717) is 0 Å². The largest absolute Gasteiger partial charge is 0.316 e. The van der Waals surface area contributed by atoms with Crippen LogP contribution in [-0.4, -0.2) is 13.1 Å². The van der Waals surface area contributed by atoms with Gasteiger partial charge >= 0.3 is 0 Å². The quantitative estimate of drug-likeness (QED) is 0.539. The van der Waals surface area contributed by atoms with E-state index in [9.17, 15) is 0 Å². The first kappa shape index (κ1) is 12.8. The molecule has 15 heavy (non-hydrogen) atoms. The molecular weight excluding hydrogens is 182 g/mol. The van der Waals surface area contributed by atoms with Crippen LogP contribution in [0.4, 0.5) is 0 Å². The molecule has 2 unspecified atom stereocenters. The van der Waals surface area contributed by atoms with Gasteiger partial charge in [-0.1, -0.05) is 32.4 Å². The van der Waals surface area contributed by atoms with Gasteiger partial charge in [-0.2, -0.15) is 0 Å². The van der Waals surface area contributed by atoms with Crippen LogP contribution in [0.15, 0.2) is 11.6 Å². The predicted octanol–water partition coefficient (Wildman–Crippen LogP) is 3.61. The zero-order valence-electron chi connectivity index (χ0n) is 10.8. The lowest BCUT2D eigenvalue weighted by molar-refractivity contribution is 0.376. The number of nitrogens with one attached hydrogen (secondary N) is 1. The van der Waals surface area contributed by atoms with Crippen LogP contribution in [0.3, 0.4) is 0 Å². The summed E-state index contributed by atoms with van der Waals surface area (Å²) in [6.45, 7) is 11.6. The van der Waals surface area contributed by atoms with Crippen LogP contribution in [0.2, 0.25) is 0 Å². The van der Waals surface area contributed by atoms with Crippen molar-refractivity contribution in [1.82, 2.24) is 5.32 Å². The average molecular weight is 209 g/mol. The minimum atomic E-state index is 0.788. The van der Waals surface area contributed by atoms with Gasteiger partial charge in [0.2, 0.25) is 0 Å². The van der Waals surface area contributed by atoms with Gasteiger partial charge in [0.25, 0.3) is 0 Å². The average Bonchev–Trinajstić information content (AvgIpc) is 2.10. The van der Waals surface area contributed by atoms with Gasteiger partial charge in [0.05, 0.1) is 0 Å². The van der Waals surface area contributed by atoms with E-state index in [-0.39, 0.29) is 0 Å². The summed E-state index contributed by atoms with van der Waals surface area (Å²) in [5.41, 5.74) is 1.59. The fraction of sp³-hybridized carbons (Fsp3) is 0.857. The second-order valence-corrected chi connectivity index (χ2v) is 5.68. The molecule has 2 atom stereocenters. The molecule has 1 aliphatic carbocycles. The van der Waals surface area contributed by atoms with E-state index in [1.54, 1.807) is 5.57 Å². The smallest absolute Gasteiger partial charge is 0.00172 e. The molecular formula is C14H27N. The third-order valence-corrected chi connectivity index (χ3v) is 3.22. The molecule has 0 spiro atoms. The van der Waals surface area contributed by atoms with Gasteiger partial charge in [-0.05, 0) is 57.0 Å². The first-order valence-electron chi connectivity index (χ1n) is 6.46. The van der Waals surface area contributed by atoms with E-state index >= 15 is 0 Å². The molecule has 0 saturated heterocycles. The molecule has 0 saturated carbocycles. The molecule has 1 nitrogen and oxygen atoms in total. The molecule has 0 aromatic rings. The van der Waals surface area contributed by atoms with Gasteiger partial charge in [-0.25, -0.2) is 0 Å². The molecule has 88 valence electrons. The fourth-order valence-corrected chi connectivity index (χ4v) is 2.54. The molecule has 1 heteroatoms. The number of rotatable bonds is 5. The lowest BCUT2D eigenvalue weighted by Gasteiger charge is -2.25. The van der Waals surface area contributed by atoms with Crippen LogP contribution in [0, 0.1) is 17.8 Å². The van der Waals surface area contributed by atoms with Crippen molar-refractivity contribution < 1.29 is 0 Å². The van der Waals surface area contributed by atoms with E-state index in [1.165, 1.54) is 32.4 Å². The minimum Gasteiger partial charge on any atom is -0.316 e. The molecule has 0 radical (unpaired) electrons. The highest BCUT2D eigenvalue weighted by Crippen LogP contribution is 2.27. The first-order valence-corrected chi connectivity index (χ1v) is 6.46. The molecule has 0 aromatic carbocycles. The van der Waals surface area contributed by atoms with E-state index < -0.39 is 0 Å². The summed E-state index contributed by atoms with van der Waals surface area (Å²) in [5, 5.41) is 3.60. The zero-order chi connectivity index (χ0) is 11.3. The maximum atomic E-state index is 3.60. The molecule has 0 fully saturated rings. The molecule has 1 N–H and O–H groups in total. The minimum absolute atomic E-state index is 0.788. The van der Waals surface area contributed by atoms with E-state index in [4.69, 9.17) is 0 Å². The summed E-state index contributed by atoms with van der Waals surface area (Å²) in [6.07, 6.45) is 6.41. The molecule has 0 amide bonds. The summed E-state index contributed by atoms with van der Waals surface area (Å²) in [4.78, 5) is 0. The fourth-order valence-electron chi connectivity index (χ4n) is 2.54. The molecule has 1 aliphatic rings. The maximum absolute atomic E-state index is 3.60. The van der Waals surface area contributed by atoms with Crippen LogP contribution in [0.25, 0.3) is 0 Å². The van der Waals surface area contributed by atoms with E-state index in [0.717, 1.165) is 17.8 Å². The molecule has 1 rings (SSSR count). The first-order chi connectivity index (χ1) is 7.08. The normalized spacial score (nSPS) is 26.9. The van der Waals surface area contributed by atoms with E-state index in [2.05, 4.69) is 39.1 Å². The van der Waals surface area contributed by atoms with Crippen molar-refractivity contribution in [3.63, 3.8) is 0 Å². The Balaban J connectivity index is 2.15. The second-order valence-electron chi connectivity index (χ2n) is 5.68. The van der Waals surface area contributed by atoms with Crippen LogP contribution in [0.1, 0.15) is 47.0 Å². The Kier molecular flexibility index (Phi) is 5.38. The van der Waals surface area contributed by atoms with Crippen molar-refractivity contribution in [2.45, 2.75) is 47.0 Å². The molecule has 0 bridgehead atoms. The highest BCUT2D eigenvalue weighted by atomic mass is 14.9. The van der Waals surface area contributed by atoms with Crippen LogP contribution < -0.4 is 5.32 Å². The van der Waals surface area contributed by atoms with Crippen molar-refractivity contribution in [1.29, 1.82) is 0 Å². The predicted molar refractivity (Wildman–Crippen MR) is 68.0 cm³/mol. The monoisotopic (exact) mass is 209 g/mol. The van der Waals surface area contributed by atoms with Crippen molar-refractivity contribution in [3.8, 4) is 0 Å². The van der Waals surface area contributed by atoms with Crippen molar-refractivity contribution >= 4 is 0 Å². The summed E-state index contributed by atoms with van der Waals surface area (Å²) >= 11 is 0.